The van der Waals surface area contributed by atoms with Crippen LogP contribution in [0.2, 0.25) is 0 Å². The molecule has 122 valence electrons. The van der Waals surface area contributed by atoms with Crippen LogP contribution >= 0.6 is 0 Å². The fourth-order valence-corrected chi connectivity index (χ4v) is 1.64. The van der Waals surface area contributed by atoms with E-state index >= 15 is 0 Å². The number of halogens is 3. The maximum Gasteiger partial charge on any atom is 0.406 e. The summed E-state index contributed by atoms with van der Waals surface area (Å²) in [6, 6.07) is 7.40. The van der Waals surface area contributed by atoms with E-state index in [1.54, 1.807) is 30.3 Å². The molecule has 1 rings (SSSR count). The number of carbonyl (C=O) groups excluding carboxylic acids is 2. The van der Waals surface area contributed by atoms with E-state index in [1.807, 2.05) is 0 Å². The quantitative estimate of drug-likeness (QED) is 0.901. The number of hydrogen-bond donors (Lipinski definition) is 1. The summed E-state index contributed by atoms with van der Waals surface area (Å²) < 4.78 is 37.8. The molecular weight excluding hydrogens is 299 g/mol. The molecule has 8 heteroatoms. The standard InChI is InChI=1S/C14H18F3N3O2/c1-19(2)12(21)8-18-13(22)20(10-14(15,16)17)9-11-6-4-3-5-7-11/h3-7H,8-10H2,1-2H3,(H,18,22). The van der Waals surface area contributed by atoms with Gasteiger partial charge in [-0.15, -0.1) is 0 Å². The Morgan fingerprint density at radius 1 is 1.14 bits per heavy atom. The van der Waals surface area contributed by atoms with Crippen LogP contribution in [0.3, 0.4) is 0 Å². The highest BCUT2D eigenvalue weighted by atomic mass is 19.4. The predicted octanol–water partition coefficient (Wildman–Crippen LogP) is 1.85. The Hall–Kier alpha value is -2.25. The van der Waals surface area contributed by atoms with E-state index in [1.165, 1.54) is 19.0 Å². The summed E-state index contributed by atoms with van der Waals surface area (Å²) in [7, 11) is 2.98. The smallest absolute Gasteiger partial charge is 0.347 e. The first-order valence-corrected chi connectivity index (χ1v) is 6.52. The molecule has 0 aromatic heterocycles. The molecule has 0 aliphatic rings. The lowest BCUT2D eigenvalue weighted by atomic mass is 10.2. The van der Waals surface area contributed by atoms with Gasteiger partial charge in [-0.2, -0.15) is 13.2 Å². The predicted molar refractivity (Wildman–Crippen MR) is 75.0 cm³/mol. The Bertz CT molecular complexity index is 504. The first-order valence-electron chi connectivity index (χ1n) is 6.52. The van der Waals surface area contributed by atoms with E-state index in [4.69, 9.17) is 0 Å². The van der Waals surface area contributed by atoms with Gasteiger partial charge in [-0.1, -0.05) is 30.3 Å². The second-order valence-corrected chi connectivity index (χ2v) is 4.90. The Kier molecular flexibility index (Phi) is 6.21. The molecule has 0 aliphatic carbocycles. The van der Waals surface area contributed by atoms with Crippen LogP contribution in [0.5, 0.6) is 0 Å². The number of likely N-dealkylation sites (N-methyl/N-ethyl adjacent to an activating group) is 1. The first kappa shape index (κ1) is 17.8. The van der Waals surface area contributed by atoms with Crippen LogP contribution in [0.1, 0.15) is 5.56 Å². The average molecular weight is 317 g/mol. The molecule has 0 aliphatic heterocycles. The van der Waals surface area contributed by atoms with Gasteiger partial charge < -0.3 is 15.1 Å². The van der Waals surface area contributed by atoms with Crippen molar-refractivity contribution in [2.75, 3.05) is 27.2 Å². The molecule has 0 atom stereocenters. The minimum atomic E-state index is -4.52. The summed E-state index contributed by atoms with van der Waals surface area (Å²) in [6.45, 7) is -1.93. The topological polar surface area (TPSA) is 52.7 Å². The number of benzene rings is 1. The maximum atomic E-state index is 12.6. The lowest BCUT2D eigenvalue weighted by molar-refractivity contribution is -0.140. The Labute approximate surface area is 126 Å². The number of nitrogens with zero attached hydrogens (tertiary/aromatic N) is 2. The highest BCUT2D eigenvalue weighted by molar-refractivity contribution is 5.83. The van der Waals surface area contributed by atoms with Crippen LogP contribution in [-0.2, 0) is 11.3 Å². The zero-order valence-electron chi connectivity index (χ0n) is 12.4. The van der Waals surface area contributed by atoms with Gasteiger partial charge in [-0.3, -0.25) is 4.79 Å². The Balaban J connectivity index is 2.72. The molecule has 0 heterocycles. The minimum Gasteiger partial charge on any atom is -0.347 e. The SMILES string of the molecule is CN(C)C(=O)CNC(=O)N(Cc1ccccc1)CC(F)(F)F. The van der Waals surface area contributed by atoms with Crippen LogP contribution in [-0.4, -0.2) is 55.1 Å². The van der Waals surface area contributed by atoms with Crippen molar-refractivity contribution in [3.63, 3.8) is 0 Å². The van der Waals surface area contributed by atoms with Crippen molar-refractivity contribution in [2.24, 2.45) is 0 Å². The van der Waals surface area contributed by atoms with Crippen LogP contribution in [0.15, 0.2) is 30.3 Å². The summed E-state index contributed by atoms with van der Waals surface area (Å²) >= 11 is 0. The molecule has 0 fully saturated rings. The van der Waals surface area contributed by atoms with Gasteiger partial charge in [0.1, 0.15) is 6.54 Å². The Morgan fingerprint density at radius 3 is 2.23 bits per heavy atom. The van der Waals surface area contributed by atoms with Crippen molar-refractivity contribution >= 4 is 11.9 Å². The summed E-state index contributed by atoms with van der Waals surface area (Å²) in [5.74, 6) is -0.403. The van der Waals surface area contributed by atoms with E-state index in [9.17, 15) is 22.8 Å². The lowest BCUT2D eigenvalue weighted by Crippen LogP contribution is -2.47. The molecule has 3 amide bonds. The van der Waals surface area contributed by atoms with Gasteiger partial charge in [0.05, 0.1) is 6.54 Å². The summed E-state index contributed by atoms with van der Waals surface area (Å²) in [5, 5.41) is 2.20. The molecule has 1 aromatic rings. The summed E-state index contributed by atoms with van der Waals surface area (Å²) in [6.07, 6.45) is -4.52. The van der Waals surface area contributed by atoms with E-state index in [0.29, 0.717) is 10.5 Å². The van der Waals surface area contributed by atoms with Crippen molar-refractivity contribution in [1.29, 1.82) is 0 Å². The number of hydrogen-bond acceptors (Lipinski definition) is 2. The van der Waals surface area contributed by atoms with Crippen LogP contribution in [0, 0.1) is 0 Å². The van der Waals surface area contributed by atoms with Gasteiger partial charge in [-0.25, -0.2) is 4.79 Å². The number of rotatable bonds is 5. The van der Waals surface area contributed by atoms with Crippen molar-refractivity contribution in [3.05, 3.63) is 35.9 Å². The highest BCUT2D eigenvalue weighted by Gasteiger charge is 2.33. The third-order valence-electron chi connectivity index (χ3n) is 2.76. The van der Waals surface area contributed by atoms with Crippen molar-refractivity contribution in [3.8, 4) is 0 Å². The number of carbonyl (C=O) groups is 2. The molecule has 1 N–H and O–H groups in total. The van der Waals surface area contributed by atoms with Crippen molar-refractivity contribution < 1.29 is 22.8 Å². The monoisotopic (exact) mass is 317 g/mol. The van der Waals surface area contributed by atoms with Crippen LogP contribution in [0.4, 0.5) is 18.0 Å². The van der Waals surface area contributed by atoms with E-state index < -0.39 is 24.7 Å². The molecule has 0 spiro atoms. The molecule has 22 heavy (non-hydrogen) atoms. The zero-order chi connectivity index (χ0) is 16.8. The van der Waals surface area contributed by atoms with E-state index in [0.717, 1.165) is 0 Å². The van der Waals surface area contributed by atoms with Crippen molar-refractivity contribution in [2.45, 2.75) is 12.7 Å². The molecule has 0 radical (unpaired) electrons. The van der Waals surface area contributed by atoms with E-state index in [-0.39, 0.29) is 13.1 Å². The van der Waals surface area contributed by atoms with Crippen molar-refractivity contribution in [1.82, 2.24) is 15.1 Å². The van der Waals surface area contributed by atoms with Gasteiger partial charge in [-0.05, 0) is 5.56 Å². The molecule has 0 unspecified atom stereocenters. The van der Waals surface area contributed by atoms with Gasteiger partial charge in [0.25, 0.3) is 0 Å². The third-order valence-corrected chi connectivity index (χ3v) is 2.76. The largest absolute Gasteiger partial charge is 0.406 e. The molecule has 0 bridgehead atoms. The molecule has 1 aromatic carbocycles. The van der Waals surface area contributed by atoms with Crippen LogP contribution in [0.25, 0.3) is 0 Å². The fraction of sp³-hybridized carbons (Fsp3) is 0.429. The first-order chi connectivity index (χ1) is 10.2. The minimum absolute atomic E-state index is 0.192. The van der Waals surface area contributed by atoms with Crippen LogP contribution < -0.4 is 5.32 Å². The Morgan fingerprint density at radius 2 is 1.73 bits per heavy atom. The average Bonchev–Trinajstić information content (AvgIpc) is 2.43. The van der Waals surface area contributed by atoms with Gasteiger partial charge in [0, 0.05) is 20.6 Å². The zero-order valence-corrected chi connectivity index (χ0v) is 12.4. The van der Waals surface area contributed by atoms with E-state index in [2.05, 4.69) is 5.32 Å². The lowest BCUT2D eigenvalue weighted by Gasteiger charge is -2.24. The maximum absolute atomic E-state index is 12.6. The summed E-state index contributed by atoms with van der Waals surface area (Å²) in [5.41, 5.74) is 0.570. The second-order valence-electron chi connectivity index (χ2n) is 4.90. The highest BCUT2D eigenvalue weighted by Crippen LogP contribution is 2.18. The molecule has 0 saturated heterocycles. The summed E-state index contributed by atoms with van der Waals surface area (Å²) in [4.78, 5) is 25.1. The van der Waals surface area contributed by atoms with Gasteiger partial charge in [0.15, 0.2) is 0 Å². The second kappa shape index (κ2) is 7.67. The number of nitrogens with one attached hydrogen (secondary N) is 1. The number of urea groups is 1. The fourth-order valence-electron chi connectivity index (χ4n) is 1.64. The molecular formula is C14H18F3N3O2. The molecule has 0 saturated carbocycles. The number of amides is 3. The third kappa shape index (κ3) is 6.47. The molecule has 5 nitrogen and oxygen atoms in total. The normalized spacial score (nSPS) is 11.0. The van der Waals surface area contributed by atoms with Gasteiger partial charge >= 0.3 is 12.2 Å². The van der Waals surface area contributed by atoms with Gasteiger partial charge in [0.2, 0.25) is 5.91 Å². The number of alkyl halides is 3.